The Labute approximate surface area is 267 Å². The van der Waals surface area contributed by atoms with Gasteiger partial charge in [0.05, 0.1) is 11.4 Å². The van der Waals surface area contributed by atoms with E-state index in [2.05, 4.69) is 178 Å². The summed E-state index contributed by atoms with van der Waals surface area (Å²) in [6, 6.07) is 44.7. The molecule has 2 nitrogen and oxygen atoms in total. The van der Waals surface area contributed by atoms with Crippen LogP contribution in [0, 0.1) is 26.7 Å². The highest BCUT2D eigenvalue weighted by Gasteiger charge is 2.27. The second kappa shape index (κ2) is 11.8. The van der Waals surface area contributed by atoms with Gasteiger partial charge in [0.25, 0.3) is 0 Å². The number of benzene rings is 6. The number of fused-ring (bicyclic) bond motifs is 2. The minimum Gasteiger partial charge on any atom is -0.313 e. The van der Waals surface area contributed by atoms with Crippen LogP contribution < -0.4 is 9.80 Å². The first-order valence-electron chi connectivity index (χ1n) is 16.0. The third-order valence-corrected chi connectivity index (χ3v) is 9.32. The van der Waals surface area contributed by atoms with Crippen molar-refractivity contribution in [3.63, 3.8) is 0 Å². The molecule has 7 rings (SSSR count). The number of hydrogen-bond donors (Lipinski definition) is 0. The number of anilines is 5. The zero-order valence-corrected chi connectivity index (χ0v) is 26.9. The van der Waals surface area contributed by atoms with Crippen molar-refractivity contribution in [3.05, 3.63) is 161 Å². The summed E-state index contributed by atoms with van der Waals surface area (Å²) in [6.07, 6.45) is 5.62. The molecule has 1 aliphatic rings. The van der Waals surface area contributed by atoms with E-state index in [1.807, 2.05) is 0 Å². The van der Waals surface area contributed by atoms with Gasteiger partial charge in [-0.3, -0.25) is 0 Å². The summed E-state index contributed by atoms with van der Waals surface area (Å²) in [5.74, 6) is 0.480. The topological polar surface area (TPSA) is 6.48 Å². The lowest BCUT2D eigenvalue weighted by molar-refractivity contribution is 0.654. The zero-order valence-electron chi connectivity index (χ0n) is 26.9. The van der Waals surface area contributed by atoms with E-state index in [0.29, 0.717) is 5.92 Å². The molecule has 0 bridgehead atoms. The van der Waals surface area contributed by atoms with Gasteiger partial charge in [0.1, 0.15) is 0 Å². The number of aryl methyl sites for hydroxylation is 3. The molecule has 0 fully saturated rings. The Morgan fingerprint density at radius 1 is 0.444 bits per heavy atom. The van der Waals surface area contributed by atoms with Crippen molar-refractivity contribution >= 4 is 50.0 Å². The van der Waals surface area contributed by atoms with E-state index >= 15 is 0 Å². The Hall–Kier alpha value is -5.08. The zero-order chi connectivity index (χ0) is 31.1. The van der Waals surface area contributed by atoms with Gasteiger partial charge in [-0.25, -0.2) is 0 Å². The van der Waals surface area contributed by atoms with Crippen LogP contribution in [0.4, 0.5) is 28.4 Å². The van der Waals surface area contributed by atoms with Crippen LogP contribution in [-0.4, -0.2) is 0 Å². The number of nitrogens with zero attached hydrogens (tertiary/aromatic N) is 2. The quantitative estimate of drug-likeness (QED) is 0.142. The molecule has 45 heavy (non-hydrogen) atoms. The molecule has 6 aromatic carbocycles. The second-order valence-corrected chi connectivity index (χ2v) is 12.6. The highest BCUT2D eigenvalue weighted by Crippen LogP contribution is 2.50. The average molecular weight is 585 g/mol. The van der Waals surface area contributed by atoms with Crippen LogP contribution in [0.15, 0.2) is 145 Å². The third kappa shape index (κ3) is 5.31. The number of allylic oxidation sites excluding steroid dienone is 4. The summed E-state index contributed by atoms with van der Waals surface area (Å²) < 4.78 is 0. The van der Waals surface area contributed by atoms with Crippen LogP contribution >= 0.6 is 0 Å². The van der Waals surface area contributed by atoms with Crippen LogP contribution in [0.3, 0.4) is 0 Å². The van der Waals surface area contributed by atoms with E-state index in [1.165, 1.54) is 66.6 Å². The summed E-state index contributed by atoms with van der Waals surface area (Å²) in [5.41, 5.74) is 12.4. The van der Waals surface area contributed by atoms with Crippen molar-refractivity contribution in [3.8, 4) is 0 Å². The fourth-order valence-corrected chi connectivity index (χ4v) is 6.59. The van der Waals surface area contributed by atoms with Crippen molar-refractivity contribution < 1.29 is 0 Å². The molecule has 0 heterocycles. The summed E-state index contributed by atoms with van der Waals surface area (Å²) in [7, 11) is 0. The summed E-state index contributed by atoms with van der Waals surface area (Å²) in [4.78, 5) is 4.97. The maximum Gasteiger partial charge on any atom is 0.0619 e. The molecular weight excluding hydrogens is 544 g/mol. The standard InChI is InChI=1S/C43H40N2/c1-29-14-21-34(22-15-29)44(35-23-16-30(2)17-24-35)42-38-10-6-8-12-40(38)43(41-13-9-7-11-39(41)42)45(36-25-18-31(3)19-26-36)37-27-20-32(4)33(5)28-37/h6-27,33H,28H2,1-5H3. The minimum absolute atomic E-state index is 0.480. The molecule has 1 atom stereocenters. The Balaban J connectivity index is 1.58. The van der Waals surface area contributed by atoms with Gasteiger partial charge in [0, 0.05) is 44.3 Å². The van der Waals surface area contributed by atoms with Crippen molar-refractivity contribution in [2.75, 3.05) is 9.80 Å². The smallest absolute Gasteiger partial charge is 0.0619 e. The summed E-state index contributed by atoms with van der Waals surface area (Å²) >= 11 is 0. The number of rotatable bonds is 6. The lowest BCUT2D eigenvalue weighted by atomic mass is 9.90. The van der Waals surface area contributed by atoms with Crippen LogP contribution in [0.5, 0.6) is 0 Å². The van der Waals surface area contributed by atoms with E-state index in [9.17, 15) is 0 Å². The largest absolute Gasteiger partial charge is 0.313 e. The normalized spacial score (nSPS) is 14.7. The molecule has 6 aromatic rings. The Morgan fingerprint density at radius 2 is 0.800 bits per heavy atom. The fourth-order valence-electron chi connectivity index (χ4n) is 6.59. The molecule has 222 valence electrons. The third-order valence-electron chi connectivity index (χ3n) is 9.32. The van der Waals surface area contributed by atoms with Crippen LogP contribution in [0.2, 0.25) is 0 Å². The first kappa shape index (κ1) is 28.7. The fraction of sp³-hybridized carbons (Fsp3) is 0.163. The molecule has 0 radical (unpaired) electrons. The highest BCUT2D eigenvalue weighted by atomic mass is 15.2. The maximum absolute atomic E-state index is 2.52. The van der Waals surface area contributed by atoms with Gasteiger partial charge in [0.2, 0.25) is 0 Å². The molecule has 0 amide bonds. The average Bonchev–Trinajstić information content (AvgIpc) is 3.06. The second-order valence-electron chi connectivity index (χ2n) is 12.6. The van der Waals surface area contributed by atoms with Gasteiger partial charge in [-0.05, 0) is 82.5 Å². The Morgan fingerprint density at radius 3 is 1.18 bits per heavy atom. The van der Waals surface area contributed by atoms with Crippen molar-refractivity contribution in [1.29, 1.82) is 0 Å². The van der Waals surface area contributed by atoms with Gasteiger partial charge in [-0.1, -0.05) is 120 Å². The highest BCUT2D eigenvalue weighted by molar-refractivity contribution is 6.22. The summed E-state index contributed by atoms with van der Waals surface area (Å²) in [5, 5.41) is 4.91. The van der Waals surface area contributed by atoms with Gasteiger partial charge >= 0.3 is 0 Å². The molecule has 0 aliphatic heterocycles. The van der Waals surface area contributed by atoms with E-state index in [-0.39, 0.29) is 0 Å². The van der Waals surface area contributed by atoms with Crippen molar-refractivity contribution in [1.82, 2.24) is 0 Å². The molecular formula is C43H40N2. The van der Waals surface area contributed by atoms with E-state index in [1.54, 1.807) is 0 Å². The molecule has 1 aliphatic carbocycles. The van der Waals surface area contributed by atoms with Crippen LogP contribution in [0.1, 0.15) is 37.0 Å². The lowest BCUT2D eigenvalue weighted by Gasteiger charge is -2.35. The van der Waals surface area contributed by atoms with E-state index in [4.69, 9.17) is 0 Å². The molecule has 0 spiro atoms. The molecule has 2 heteroatoms. The van der Waals surface area contributed by atoms with E-state index in [0.717, 1.165) is 17.8 Å². The van der Waals surface area contributed by atoms with Crippen LogP contribution in [0.25, 0.3) is 21.5 Å². The minimum atomic E-state index is 0.480. The van der Waals surface area contributed by atoms with Gasteiger partial charge in [-0.2, -0.15) is 0 Å². The number of hydrogen-bond acceptors (Lipinski definition) is 2. The first-order chi connectivity index (χ1) is 21.9. The van der Waals surface area contributed by atoms with Crippen molar-refractivity contribution in [2.24, 2.45) is 5.92 Å². The van der Waals surface area contributed by atoms with Crippen LogP contribution in [-0.2, 0) is 0 Å². The molecule has 1 unspecified atom stereocenters. The molecule has 0 saturated carbocycles. The SMILES string of the molecule is CC1=CC=C(N(c2ccc(C)cc2)c2c3ccccc3c(N(c3ccc(C)cc3)c3ccc(C)cc3)c3ccccc23)CC1C. The monoisotopic (exact) mass is 584 g/mol. The van der Waals surface area contributed by atoms with E-state index < -0.39 is 0 Å². The molecule has 0 saturated heterocycles. The Bertz CT molecular complexity index is 1960. The van der Waals surface area contributed by atoms with Gasteiger partial charge < -0.3 is 9.80 Å². The predicted octanol–water partition coefficient (Wildman–Crippen LogP) is 12.4. The van der Waals surface area contributed by atoms with Gasteiger partial charge in [-0.15, -0.1) is 0 Å². The maximum atomic E-state index is 2.52. The predicted molar refractivity (Wildman–Crippen MR) is 195 cm³/mol. The molecule has 0 N–H and O–H groups in total. The summed E-state index contributed by atoms with van der Waals surface area (Å²) in [6.45, 7) is 11.0. The lowest BCUT2D eigenvalue weighted by Crippen LogP contribution is -2.21. The van der Waals surface area contributed by atoms with Gasteiger partial charge in [0.15, 0.2) is 0 Å². The Kier molecular flexibility index (Phi) is 7.51. The first-order valence-corrected chi connectivity index (χ1v) is 16.0. The molecule has 0 aromatic heterocycles. The van der Waals surface area contributed by atoms with Crippen molar-refractivity contribution in [2.45, 2.75) is 41.0 Å².